The van der Waals surface area contributed by atoms with Crippen LogP contribution in [0.3, 0.4) is 0 Å². The fourth-order valence-electron chi connectivity index (χ4n) is 0.0333. The highest BCUT2D eigenvalue weighted by Gasteiger charge is 2.00. The molecule has 0 aromatic rings. The third kappa shape index (κ3) is 197. The van der Waals surface area contributed by atoms with Crippen LogP contribution in [-0.4, -0.2) is 21.0 Å². The van der Waals surface area contributed by atoms with Gasteiger partial charge in [0, 0.05) is 0 Å². The lowest BCUT2D eigenvalue weighted by Gasteiger charge is -1.82. The van der Waals surface area contributed by atoms with E-state index in [0.29, 0.717) is 0 Å². The molecule has 0 amide bonds. The van der Waals surface area contributed by atoms with Crippen LogP contribution in [-0.2, 0) is 4.57 Å². The molecule has 0 spiro atoms. The van der Waals surface area contributed by atoms with Crippen molar-refractivity contribution >= 4 is 14.2 Å². The fraction of sp³-hybridized carbons (Fsp3) is 0. The fourth-order valence-corrected chi connectivity index (χ4v) is 0.0333. The molecule has 0 aliphatic carbocycles. The molecule has 0 saturated heterocycles. The predicted molar refractivity (Wildman–Crippen MR) is 32.1 cm³/mol. The molecule has 0 rings (SSSR count). The van der Waals surface area contributed by atoms with Crippen molar-refractivity contribution in [1.29, 1.82) is 5.53 Å². The van der Waals surface area contributed by atoms with Crippen LogP contribution in [0.5, 0.6) is 0 Å². The summed E-state index contributed by atoms with van der Waals surface area (Å²) in [6.45, 7) is 0. The lowest BCUT2D eigenvalue weighted by molar-refractivity contribution is 0.275. The van der Waals surface area contributed by atoms with E-state index >= 15 is 0 Å². The normalized spacial score (nSPS) is 10.3. The number of hydrogen-bond acceptors (Lipinski definition) is 4. The number of hydrogen-bond donors (Lipinski definition) is 5. The largest absolute Gasteiger partial charge is 0.466 e. The van der Waals surface area contributed by atoms with Crippen molar-refractivity contribution in [3.05, 3.63) is 0 Å². The van der Waals surface area contributed by atoms with E-state index in [0.717, 1.165) is 6.34 Å². The van der Waals surface area contributed by atoms with Gasteiger partial charge in [0.25, 0.3) is 0 Å². The zero-order chi connectivity index (χ0) is 8.62. The quantitative estimate of drug-likeness (QED) is 0.0851. The summed E-state index contributed by atoms with van der Waals surface area (Å²) in [6.07, 6.45) is 0.944. The van der Waals surface area contributed by atoms with Gasteiger partial charge in [-0.05, 0) is 0 Å². The average Bonchev–Trinajstić information content (AvgIpc) is 1.63. The molecule has 0 fully saturated rings. The zero-order valence-corrected chi connectivity index (χ0v) is 5.64. The third-order valence-electron chi connectivity index (χ3n) is 0.124. The van der Waals surface area contributed by atoms with E-state index in [-0.39, 0.29) is 0 Å². The number of rotatable bonds is 1. The van der Waals surface area contributed by atoms with E-state index in [2.05, 4.69) is 16.1 Å². The lowest BCUT2D eigenvalue weighted by Crippen LogP contribution is -1.75. The molecule has 0 bridgehead atoms. The van der Waals surface area contributed by atoms with Gasteiger partial charge in [0.05, 0.1) is 0 Å². The van der Waals surface area contributed by atoms with Crippen molar-refractivity contribution in [3.63, 3.8) is 0 Å². The molecule has 0 radical (unpaired) electrons. The molecular formula is CH7N4O4P. The predicted octanol–water partition coefficient (Wildman–Crippen LogP) is -1.01. The molecule has 6 N–H and O–H groups in total. The summed E-state index contributed by atoms with van der Waals surface area (Å²) in [5.41, 5.74) is 6.00. The molecule has 0 aliphatic rings. The molecule has 8 nitrogen and oxygen atoms in total. The van der Waals surface area contributed by atoms with Crippen LogP contribution in [0.4, 0.5) is 0 Å². The Bertz CT molecular complexity index is 141. The van der Waals surface area contributed by atoms with Crippen molar-refractivity contribution in [1.82, 2.24) is 0 Å². The van der Waals surface area contributed by atoms with Gasteiger partial charge in [0.2, 0.25) is 0 Å². The van der Waals surface area contributed by atoms with Crippen molar-refractivity contribution in [2.24, 2.45) is 16.1 Å². The first-order chi connectivity index (χ1) is 4.41. The summed E-state index contributed by atoms with van der Waals surface area (Å²) in [6, 6.07) is 0. The number of nitrogens with one attached hydrogen (secondary N) is 1. The molecule has 0 atom stereocenters. The van der Waals surface area contributed by atoms with Crippen molar-refractivity contribution in [2.45, 2.75) is 0 Å². The maximum Gasteiger partial charge on any atom is 0.466 e. The SMILES string of the molecule is N=NC=NN.O=P(O)(O)O. The van der Waals surface area contributed by atoms with Crippen molar-refractivity contribution in [2.75, 3.05) is 0 Å². The Morgan fingerprint density at radius 3 is 1.80 bits per heavy atom. The summed E-state index contributed by atoms with van der Waals surface area (Å²) in [7, 11) is -4.64. The van der Waals surface area contributed by atoms with E-state index in [1.807, 2.05) is 0 Å². The summed E-state index contributed by atoms with van der Waals surface area (Å²) in [4.78, 5) is 21.6. The summed E-state index contributed by atoms with van der Waals surface area (Å²) >= 11 is 0. The van der Waals surface area contributed by atoms with Gasteiger partial charge in [0.1, 0.15) is 0 Å². The second-order valence-corrected chi connectivity index (χ2v) is 1.93. The van der Waals surface area contributed by atoms with Crippen LogP contribution < -0.4 is 5.84 Å². The van der Waals surface area contributed by atoms with E-state index < -0.39 is 7.82 Å². The van der Waals surface area contributed by atoms with Gasteiger partial charge in [-0.25, -0.2) is 10.1 Å². The van der Waals surface area contributed by atoms with E-state index in [4.69, 9.17) is 24.8 Å². The lowest BCUT2D eigenvalue weighted by atomic mass is 11.4. The van der Waals surface area contributed by atoms with Gasteiger partial charge in [-0.2, -0.15) is 5.10 Å². The molecule has 0 aromatic heterocycles. The van der Waals surface area contributed by atoms with Crippen LogP contribution >= 0.6 is 7.82 Å². The standard InChI is InChI=1S/CH4N4.H3O4P/c2-4-1-5-3;1-5(2,3)4/h1-2H,3H2;(H3,1,2,3,4). The minimum absolute atomic E-state index is 0.944. The van der Waals surface area contributed by atoms with Crippen molar-refractivity contribution < 1.29 is 19.2 Å². The molecule has 0 heterocycles. The van der Waals surface area contributed by atoms with Gasteiger partial charge in [-0.3, -0.25) is 0 Å². The van der Waals surface area contributed by atoms with Crippen LogP contribution in [0, 0.1) is 5.53 Å². The highest BCUT2D eigenvalue weighted by Crippen LogP contribution is 2.25. The first-order valence-corrected chi connectivity index (χ1v) is 3.35. The van der Waals surface area contributed by atoms with Crippen LogP contribution in [0.15, 0.2) is 10.2 Å². The van der Waals surface area contributed by atoms with Gasteiger partial charge in [-0.1, -0.05) is 0 Å². The van der Waals surface area contributed by atoms with Gasteiger partial charge >= 0.3 is 7.82 Å². The smallest absolute Gasteiger partial charge is 0.322 e. The molecular weight excluding hydrogens is 163 g/mol. The monoisotopic (exact) mass is 170 g/mol. The topological polar surface area (TPSA) is 152 Å². The minimum Gasteiger partial charge on any atom is -0.322 e. The summed E-state index contributed by atoms with van der Waals surface area (Å²) in [5, 5.41) is 5.56. The number of nitrogens with two attached hydrogens (primary N) is 1. The molecule has 0 aliphatic heterocycles. The maximum atomic E-state index is 8.88. The van der Waals surface area contributed by atoms with Gasteiger partial charge in [0.15, 0.2) is 6.34 Å². The Morgan fingerprint density at radius 2 is 1.80 bits per heavy atom. The van der Waals surface area contributed by atoms with Gasteiger partial charge in [-0.15, -0.1) is 5.11 Å². The number of phosphoric acid groups is 1. The number of nitrogens with zero attached hydrogens (tertiary/aromatic N) is 2. The van der Waals surface area contributed by atoms with Crippen molar-refractivity contribution in [3.8, 4) is 0 Å². The Balaban J connectivity index is 0. The Labute approximate surface area is 56.1 Å². The first kappa shape index (κ1) is 11.9. The number of hydrazone groups is 1. The second kappa shape index (κ2) is 6.30. The summed E-state index contributed by atoms with van der Waals surface area (Å²) < 4.78 is 8.88. The van der Waals surface area contributed by atoms with E-state index in [1.165, 1.54) is 0 Å². The van der Waals surface area contributed by atoms with E-state index in [9.17, 15) is 0 Å². The van der Waals surface area contributed by atoms with Crippen LogP contribution in [0.2, 0.25) is 0 Å². The van der Waals surface area contributed by atoms with E-state index in [1.54, 1.807) is 0 Å². The summed E-state index contributed by atoms with van der Waals surface area (Å²) in [5.74, 6) is 4.49. The zero-order valence-electron chi connectivity index (χ0n) is 4.75. The third-order valence-corrected chi connectivity index (χ3v) is 0.124. The van der Waals surface area contributed by atoms with Crippen LogP contribution in [0.25, 0.3) is 0 Å². The second-order valence-electron chi connectivity index (χ2n) is 0.907. The highest BCUT2D eigenvalue weighted by atomic mass is 31.2. The molecule has 0 unspecified atom stereocenters. The van der Waals surface area contributed by atoms with Gasteiger partial charge < -0.3 is 20.5 Å². The molecule has 0 saturated carbocycles. The Kier molecular flexibility index (Phi) is 7.51. The molecule has 0 aromatic carbocycles. The minimum atomic E-state index is -4.64. The Hall–Kier alpha value is -0.820. The molecule has 60 valence electrons. The average molecular weight is 170 g/mol. The highest BCUT2D eigenvalue weighted by molar-refractivity contribution is 7.45. The van der Waals surface area contributed by atoms with Crippen LogP contribution in [0.1, 0.15) is 0 Å². The Morgan fingerprint density at radius 1 is 1.50 bits per heavy atom. The molecule has 9 heteroatoms. The maximum absolute atomic E-state index is 8.88. The first-order valence-electron chi connectivity index (χ1n) is 1.78. The molecule has 10 heavy (non-hydrogen) atoms.